The first kappa shape index (κ1) is 10.6. The van der Waals surface area contributed by atoms with E-state index in [1.165, 1.54) is 12.3 Å². The lowest BCUT2D eigenvalue weighted by Crippen LogP contribution is -2.24. The molecule has 0 bridgehead atoms. The van der Waals surface area contributed by atoms with Crippen LogP contribution in [0.4, 0.5) is 4.39 Å². The van der Waals surface area contributed by atoms with Gasteiger partial charge in [-0.25, -0.2) is 4.39 Å². The van der Waals surface area contributed by atoms with Crippen LogP contribution in [0.3, 0.4) is 0 Å². The summed E-state index contributed by atoms with van der Waals surface area (Å²) in [6, 6.07) is 1.31. The Balaban J connectivity index is 2.28. The van der Waals surface area contributed by atoms with Crippen molar-refractivity contribution in [2.75, 3.05) is 6.61 Å². The van der Waals surface area contributed by atoms with E-state index in [2.05, 4.69) is 15.3 Å². The van der Waals surface area contributed by atoms with Gasteiger partial charge in [0, 0.05) is 12.7 Å². The zero-order chi connectivity index (χ0) is 10.4. The molecule has 0 saturated carbocycles. The van der Waals surface area contributed by atoms with Gasteiger partial charge in [0.05, 0.1) is 6.20 Å². The summed E-state index contributed by atoms with van der Waals surface area (Å²) < 4.78 is 12.6. The van der Waals surface area contributed by atoms with E-state index in [0.29, 0.717) is 5.56 Å². The maximum Gasteiger partial charge on any atom is 0.245 e. The molecule has 0 spiro atoms. The second kappa shape index (κ2) is 5.25. The SMILES string of the molecule is NC(=O)CONCc1cncc(F)c1. The van der Waals surface area contributed by atoms with Crippen molar-refractivity contribution in [1.82, 2.24) is 10.5 Å². The quantitative estimate of drug-likeness (QED) is 0.505. The number of nitrogens with zero attached hydrogens (tertiary/aromatic N) is 1. The number of nitrogens with two attached hydrogens (primary N) is 1. The molecular formula is C8H10FN3O2. The van der Waals surface area contributed by atoms with Crippen molar-refractivity contribution in [3.05, 3.63) is 29.8 Å². The zero-order valence-electron chi connectivity index (χ0n) is 7.37. The second-order valence-corrected chi connectivity index (χ2v) is 2.59. The summed E-state index contributed by atoms with van der Waals surface area (Å²) in [6.45, 7) is 0.0424. The van der Waals surface area contributed by atoms with Gasteiger partial charge >= 0.3 is 0 Å². The zero-order valence-corrected chi connectivity index (χ0v) is 7.37. The van der Waals surface area contributed by atoms with Crippen molar-refractivity contribution in [3.8, 4) is 0 Å². The molecular weight excluding hydrogens is 189 g/mol. The van der Waals surface area contributed by atoms with Gasteiger partial charge in [0.25, 0.3) is 0 Å². The Hall–Kier alpha value is -1.53. The fraction of sp³-hybridized carbons (Fsp3) is 0.250. The standard InChI is InChI=1S/C8H10FN3O2/c9-7-1-6(2-11-4-7)3-12-14-5-8(10)13/h1-2,4,12H,3,5H2,(H2,10,13). The van der Waals surface area contributed by atoms with E-state index in [1.807, 2.05) is 0 Å². The number of carbonyl (C=O) groups excluding carboxylic acids is 1. The number of aromatic nitrogens is 1. The number of nitrogens with one attached hydrogen (secondary N) is 1. The van der Waals surface area contributed by atoms with Gasteiger partial charge in [0.15, 0.2) is 0 Å². The third-order valence-corrected chi connectivity index (χ3v) is 1.35. The summed E-state index contributed by atoms with van der Waals surface area (Å²) in [5, 5.41) is 0. The molecule has 0 fully saturated rings. The van der Waals surface area contributed by atoms with E-state index >= 15 is 0 Å². The van der Waals surface area contributed by atoms with E-state index in [1.54, 1.807) is 0 Å². The first-order chi connectivity index (χ1) is 6.68. The van der Waals surface area contributed by atoms with Crippen LogP contribution < -0.4 is 11.2 Å². The predicted molar refractivity (Wildman–Crippen MR) is 46.2 cm³/mol. The molecule has 1 aromatic rings. The maximum atomic E-state index is 12.6. The topological polar surface area (TPSA) is 77.2 Å². The van der Waals surface area contributed by atoms with Gasteiger partial charge in [-0.05, 0) is 11.6 Å². The number of pyridine rings is 1. The molecule has 0 aliphatic carbocycles. The van der Waals surface area contributed by atoms with Crippen molar-refractivity contribution in [2.24, 2.45) is 5.73 Å². The van der Waals surface area contributed by atoms with Gasteiger partial charge in [0.1, 0.15) is 12.4 Å². The van der Waals surface area contributed by atoms with Crippen molar-refractivity contribution < 1.29 is 14.0 Å². The lowest BCUT2D eigenvalue weighted by molar-refractivity contribution is -0.125. The molecule has 3 N–H and O–H groups in total. The second-order valence-electron chi connectivity index (χ2n) is 2.59. The molecule has 1 rings (SSSR count). The average molecular weight is 199 g/mol. The molecule has 0 atom stereocenters. The van der Waals surface area contributed by atoms with Crippen LogP contribution in [0.2, 0.25) is 0 Å². The fourth-order valence-corrected chi connectivity index (χ4v) is 0.809. The van der Waals surface area contributed by atoms with E-state index in [9.17, 15) is 9.18 Å². The molecule has 1 aromatic heterocycles. The molecule has 0 aliphatic heterocycles. The van der Waals surface area contributed by atoms with Gasteiger partial charge < -0.3 is 5.73 Å². The maximum absolute atomic E-state index is 12.6. The van der Waals surface area contributed by atoms with Gasteiger partial charge in [-0.15, -0.1) is 0 Å². The molecule has 6 heteroatoms. The highest BCUT2D eigenvalue weighted by molar-refractivity contribution is 5.74. The van der Waals surface area contributed by atoms with Crippen LogP contribution in [0.15, 0.2) is 18.5 Å². The van der Waals surface area contributed by atoms with Crippen molar-refractivity contribution in [2.45, 2.75) is 6.54 Å². The first-order valence-corrected chi connectivity index (χ1v) is 3.91. The van der Waals surface area contributed by atoms with Gasteiger partial charge in [-0.2, -0.15) is 5.48 Å². The number of amides is 1. The van der Waals surface area contributed by atoms with E-state index in [4.69, 9.17) is 5.73 Å². The van der Waals surface area contributed by atoms with Crippen LogP contribution in [0.5, 0.6) is 0 Å². The molecule has 1 amide bonds. The number of primary amides is 1. The van der Waals surface area contributed by atoms with Gasteiger partial charge in [-0.1, -0.05) is 0 Å². The summed E-state index contributed by atoms with van der Waals surface area (Å²) in [6.07, 6.45) is 2.59. The van der Waals surface area contributed by atoms with E-state index in [0.717, 1.165) is 6.20 Å². The van der Waals surface area contributed by atoms with Crippen LogP contribution in [0.1, 0.15) is 5.56 Å². The van der Waals surface area contributed by atoms with E-state index < -0.39 is 11.7 Å². The molecule has 0 aliphatic rings. The Morgan fingerprint density at radius 3 is 3.07 bits per heavy atom. The lowest BCUT2D eigenvalue weighted by atomic mass is 10.3. The Morgan fingerprint density at radius 1 is 1.64 bits per heavy atom. The van der Waals surface area contributed by atoms with Crippen molar-refractivity contribution >= 4 is 5.91 Å². The summed E-state index contributed by atoms with van der Waals surface area (Å²) in [5.41, 5.74) is 7.89. The minimum Gasteiger partial charge on any atom is -0.368 e. The molecule has 5 nitrogen and oxygen atoms in total. The molecule has 76 valence electrons. The van der Waals surface area contributed by atoms with Gasteiger partial charge in [-0.3, -0.25) is 14.6 Å². The average Bonchev–Trinajstić information content (AvgIpc) is 2.12. The highest BCUT2D eigenvalue weighted by atomic mass is 19.1. The lowest BCUT2D eigenvalue weighted by Gasteiger charge is -2.03. The van der Waals surface area contributed by atoms with Crippen LogP contribution in [0.25, 0.3) is 0 Å². The molecule has 0 aromatic carbocycles. The van der Waals surface area contributed by atoms with Crippen LogP contribution >= 0.6 is 0 Å². The normalized spacial score (nSPS) is 10.1. The van der Waals surface area contributed by atoms with Crippen LogP contribution in [-0.2, 0) is 16.2 Å². The Labute approximate surface area is 80.0 Å². The first-order valence-electron chi connectivity index (χ1n) is 3.91. The highest BCUT2D eigenvalue weighted by Gasteiger charge is 1.97. The minimum atomic E-state index is -0.574. The smallest absolute Gasteiger partial charge is 0.245 e. The largest absolute Gasteiger partial charge is 0.368 e. The predicted octanol–water partition coefficient (Wildman–Crippen LogP) is -0.273. The number of halogens is 1. The molecule has 0 saturated heterocycles. The summed E-state index contributed by atoms with van der Waals surface area (Å²) in [7, 11) is 0. The minimum absolute atomic E-state index is 0.219. The third kappa shape index (κ3) is 3.92. The number of hydroxylamine groups is 1. The number of hydrogen-bond acceptors (Lipinski definition) is 4. The third-order valence-electron chi connectivity index (χ3n) is 1.35. The van der Waals surface area contributed by atoms with Gasteiger partial charge in [0.2, 0.25) is 5.91 Å². The fourth-order valence-electron chi connectivity index (χ4n) is 0.809. The van der Waals surface area contributed by atoms with E-state index in [-0.39, 0.29) is 13.2 Å². The Morgan fingerprint density at radius 2 is 2.43 bits per heavy atom. The highest BCUT2D eigenvalue weighted by Crippen LogP contribution is 1.99. The van der Waals surface area contributed by atoms with Crippen molar-refractivity contribution in [3.63, 3.8) is 0 Å². The van der Waals surface area contributed by atoms with Crippen LogP contribution in [0, 0.1) is 5.82 Å². The van der Waals surface area contributed by atoms with Crippen molar-refractivity contribution in [1.29, 1.82) is 0 Å². The molecule has 0 radical (unpaired) electrons. The molecule has 1 heterocycles. The molecule has 0 unspecified atom stereocenters. The molecule has 14 heavy (non-hydrogen) atoms. The summed E-state index contributed by atoms with van der Waals surface area (Å²) in [5.74, 6) is -0.992. The van der Waals surface area contributed by atoms with Crippen LogP contribution in [-0.4, -0.2) is 17.5 Å². The number of rotatable bonds is 5. The summed E-state index contributed by atoms with van der Waals surface area (Å²) in [4.78, 5) is 18.5. The number of carbonyl (C=O) groups is 1. The summed E-state index contributed by atoms with van der Waals surface area (Å²) >= 11 is 0. The number of hydrogen-bond donors (Lipinski definition) is 2. The Bertz CT molecular complexity index is 319. The Kier molecular flexibility index (Phi) is 3.96. The monoisotopic (exact) mass is 199 g/mol.